The predicted octanol–water partition coefficient (Wildman–Crippen LogP) is 5.28. The van der Waals surface area contributed by atoms with Crippen LogP contribution in [0.3, 0.4) is 0 Å². The molecule has 0 bridgehead atoms. The molecule has 0 aliphatic carbocycles. The van der Waals surface area contributed by atoms with E-state index in [4.69, 9.17) is 11.6 Å². The van der Waals surface area contributed by atoms with Gasteiger partial charge >= 0.3 is 0 Å². The lowest BCUT2D eigenvalue weighted by Crippen LogP contribution is -2.19. The van der Waals surface area contributed by atoms with Crippen LogP contribution in [-0.4, -0.2) is 6.04 Å². The first-order valence-electron chi connectivity index (χ1n) is 6.01. The fourth-order valence-electron chi connectivity index (χ4n) is 1.91. The molecule has 100 valence electrons. The van der Waals surface area contributed by atoms with Gasteiger partial charge < -0.3 is 5.32 Å². The zero-order valence-electron chi connectivity index (χ0n) is 10.5. The topological polar surface area (TPSA) is 12.0 Å². The lowest BCUT2D eigenvalue weighted by Gasteiger charge is -2.17. The molecule has 1 nitrogen and oxygen atoms in total. The van der Waals surface area contributed by atoms with Crippen LogP contribution in [0, 0.1) is 5.82 Å². The minimum atomic E-state index is -0.252. The normalized spacial score (nSPS) is 12.2. The summed E-state index contributed by atoms with van der Waals surface area (Å²) in [6, 6.07) is 12.8. The lowest BCUT2D eigenvalue weighted by molar-refractivity contribution is 0.625. The maximum absolute atomic E-state index is 13.7. The van der Waals surface area contributed by atoms with Gasteiger partial charge in [-0.2, -0.15) is 0 Å². The highest BCUT2D eigenvalue weighted by Crippen LogP contribution is 2.26. The third-order valence-electron chi connectivity index (χ3n) is 2.81. The molecule has 0 spiro atoms. The van der Waals surface area contributed by atoms with Gasteiger partial charge in [-0.1, -0.05) is 29.8 Å². The lowest BCUT2D eigenvalue weighted by atomic mass is 10.1. The van der Waals surface area contributed by atoms with Crippen LogP contribution in [0.2, 0.25) is 5.02 Å². The highest BCUT2D eigenvalue weighted by molar-refractivity contribution is 9.10. The summed E-state index contributed by atoms with van der Waals surface area (Å²) in [5, 5.41) is 3.91. The van der Waals surface area contributed by atoms with Crippen molar-refractivity contribution < 1.29 is 4.39 Å². The molecular weight excluding hydrogens is 329 g/mol. The third kappa shape index (κ3) is 3.95. The number of rotatable bonds is 4. The summed E-state index contributed by atoms with van der Waals surface area (Å²) in [6.07, 6.45) is 0.804. The van der Waals surface area contributed by atoms with E-state index >= 15 is 0 Å². The Labute approximate surface area is 125 Å². The second kappa shape index (κ2) is 6.40. The Bertz CT molecular complexity index is 536. The van der Waals surface area contributed by atoms with Gasteiger partial charge in [0.25, 0.3) is 0 Å². The molecule has 19 heavy (non-hydrogen) atoms. The van der Waals surface area contributed by atoms with Crippen molar-refractivity contribution in [1.29, 1.82) is 0 Å². The van der Waals surface area contributed by atoms with Crippen molar-refractivity contribution in [2.75, 3.05) is 5.32 Å². The Hall–Kier alpha value is -1.06. The van der Waals surface area contributed by atoms with Crippen LogP contribution in [0.15, 0.2) is 46.9 Å². The summed E-state index contributed by atoms with van der Waals surface area (Å²) in [5.74, 6) is -0.252. The van der Waals surface area contributed by atoms with E-state index in [9.17, 15) is 4.39 Å². The Kier molecular flexibility index (Phi) is 4.83. The van der Waals surface area contributed by atoms with Gasteiger partial charge in [0.2, 0.25) is 0 Å². The molecule has 2 aromatic carbocycles. The molecule has 2 rings (SSSR count). The number of para-hydroxylation sites is 1. The molecule has 4 heteroatoms. The van der Waals surface area contributed by atoms with E-state index in [0.29, 0.717) is 5.69 Å². The molecule has 0 aliphatic heterocycles. The van der Waals surface area contributed by atoms with Gasteiger partial charge in [-0.25, -0.2) is 4.39 Å². The van der Waals surface area contributed by atoms with Gasteiger partial charge in [-0.05, 0) is 59.1 Å². The third-order valence-corrected chi connectivity index (χ3v) is 3.72. The largest absolute Gasteiger partial charge is 0.379 e. The number of anilines is 1. The Morgan fingerprint density at radius 1 is 1.21 bits per heavy atom. The quantitative estimate of drug-likeness (QED) is 0.796. The van der Waals surface area contributed by atoms with Gasteiger partial charge in [0.1, 0.15) is 5.82 Å². The summed E-state index contributed by atoms with van der Waals surface area (Å²) >= 11 is 9.20. The van der Waals surface area contributed by atoms with Gasteiger partial charge in [0.15, 0.2) is 0 Å². The van der Waals surface area contributed by atoms with Crippen molar-refractivity contribution in [1.82, 2.24) is 0 Å². The summed E-state index contributed by atoms with van der Waals surface area (Å²) in [6.45, 7) is 2.02. The summed E-state index contributed by atoms with van der Waals surface area (Å²) in [4.78, 5) is 0. The molecule has 0 fully saturated rings. The molecule has 0 heterocycles. The highest BCUT2D eigenvalue weighted by atomic mass is 79.9. The number of hydrogen-bond donors (Lipinski definition) is 1. The van der Waals surface area contributed by atoms with Gasteiger partial charge in [-0.3, -0.25) is 0 Å². The molecule has 0 aliphatic rings. The number of benzene rings is 2. The van der Waals surface area contributed by atoms with Crippen LogP contribution in [-0.2, 0) is 6.42 Å². The minimum Gasteiger partial charge on any atom is -0.379 e. The molecule has 0 saturated carbocycles. The second-order valence-corrected chi connectivity index (χ2v) is 5.76. The van der Waals surface area contributed by atoms with E-state index < -0.39 is 0 Å². The van der Waals surface area contributed by atoms with E-state index in [1.807, 2.05) is 37.3 Å². The molecule has 1 atom stereocenters. The maximum Gasteiger partial charge on any atom is 0.147 e. The van der Waals surface area contributed by atoms with Crippen molar-refractivity contribution in [2.45, 2.75) is 19.4 Å². The van der Waals surface area contributed by atoms with Crippen molar-refractivity contribution in [3.8, 4) is 0 Å². The Morgan fingerprint density at radius 3 is 2.53 bits per heavy atom. The van der Waals surface area contributed by atoms with Gasteiger partial charge in [-0.15, -0.1) is 0 Å². The SMILES string of the molecule is CC(Cc1ccc(Cl)cc1)Nc1c(F)cccc1Br. The predicted molar refractivity (Wildman–Crippen MR) is 82.3 cm³/mol. The van der Waals surface area contributed by atoms with E-state index in [1.54, 1.807) is 6.07 Å². The minimum absolute atomic E-state index is 0.120. The summed E-state index contributed by atoms with van der Waals surface area (Å²) < 4.78 is 14.4. The summed E-state index contributed by atoms with van der Waals surface area (Å²) in [5.41, 5.74) is 1.67. The van der Waals surface area contributed by atoms with Crippen LogP contribution in [0.5, 0.6) is 0 Å². The van der Waals surface area contributed by atoms with Gasteiger partial charge in [0.05, 0.1) is 5.69 Å². The Balaban J connectivity index is 2.05. The number of nitrogens with one attached hydrogen (secondary N) is 1. The molecule has 0 amide bonds. The highest BCUT2D eigenvalue weighted by Gasteiger charge is 2.10. The average Bonchev–Trinajstić information content (AvgIpc) is 2.37. The maximum atomic E-state index is 13.7. The smallest absolute Gasteiger partial charge is 0.147 e. The van der Waals surface area contributed by atoms with Crippen LogP contribution in [0.4, 0.5) is 10.1 Å². The zero-order valence-corrected chi connectivity index (χ0v) is 12.8. The van der Waals surface area contributed by atoms with Gasteiger partial charge in [0, 0.05) is 15.5 Å². The second-order valence-electron chi connectivity index (χ2n) is 4.47. The summed E-state index contributed by atoms with van der Waals surface area (Å²) in [7, 11) is 0. The molecule has 0 saturated heterocycles. The first-order chi connectivity index (χ1) is 9.06. The zero-order chi connectivity index (χ0) is 13.8. The first-order valence-corrected chi connectivity index (χ1v) is 7.18. The van der Waals surface area contributed by atoms with Crippen LogP contribution < -0.4 is 5.32 Å². The van der Waals surface area contributed by atoms with E-state index in [-0.39, 0.29) is 11.9 Å². The van der Waals surface area contributed by atoms with Crippen molar-refractivity contribution in [3.05, 3.63) is 63.3 Å². The van der Waals surface area contributed by atoms with Crippen LogP contribution in [0.1, 0.15) is 12.5 Å². The van der Waals surface area contributed by atoms with Crippen molar-refractivity contribution in [3.63, 3.8) is 0 Å². The average molecular weight is 343 g/mol. The fourth-order valence-corrected chi connectivity index (χ4v) is 2.49. The molecule has 1 N–H and O–H groups in total. The van der Waals surface area contributed by atoms with E-state index in [2.05, 4.69) is 21.2 Å². The molecular formula is C15H14BrClFN. The molecule has 0 aromatic heterocycles. The van der Waals surface area contributed by atoms with Crippen molar-refractivity contribution >= 4 is 33.2 Å². The van der Waals surface area contributed by atoms with E-state index in [0.717, 1.165) is 21.5 Å². The number of hydrogen-bond acceptors (Lipinski definition) is 1. The first kappa shape index (κ1) is 14.4. The number of halogens is 3. The van der Waals surface area contributed by atoms with Crippen molar-refractivity contribution in [2.24, 2.45) is 0 Å². The van der Waals surface area contributed by atoms with E-state index in [1.165, 1.54) is 6.07 Å². The Morgan fingerprint density at radius 2 is 1.89 bits per heavy atom. The monoisotopic (exact) mass is 341 g/mol. The fraction of sp³-hybridized carbons (Fsp3) is 0.200. The van der Waals surface area contributed by atoms with Crippen LogP contribution >= 0.6 is 27.5 Å². The molecule has 2 aromatic rings. The molecule has 1 unspecified atom stereocenters. The standard InChI is InChI=1S/C15H14BrClFN/c1-10(9-11-5-7-12(17)8-6-11)19-15-13(16)3-2-4-14(15)18/h2-8,10,19H,9H2,1H3. The van der Waals surface area contributed by atoms with Crippen LogP contribution in [0.25, 0.3) is 0 Å². The molecule has 0 radical (unpaired) electrons.